The van der Waals surface area contributed by atoms with Crippen LogP contribution in [0.3, 0.4) is 0 Å². The molecule has 2 N–H and O–H groups in total. The number of benzene rings is 6. The molecule has 0 aromatic heterocycles. The van der Waals surface area contributed by atoms with E-state index >= 15 is 0 Å². The molecule has 0 radical (unpaired) electrons. The molecule has 0 aliphatic rings. The van der Waals surface area contributed by atoms with E-state index in [4.69, 9.17) is 4.74 Å². The Hall–Kier alpha value is -8.80. The molecule has 0 spiro atoms. The molecule has 0 amide bonds. The number of carbonyl (C=O) groups excluding carboxylic acids is 4. The Morgan fingerprint density at radius 2 is 0.408 bits per heavy atom. The highest BCUT2D eigenvalue weighted by atomic mass is 19.5. The summed E-state index contributed by atoms with van der Waals surface area (Å²) in [5.41, 5.74) is -6.90. The Balaban J connectivity index is 0.00000155. The maximum Gasteiger partial charge on any atom is 0.461 e. The molecule has 125 heavy (non-hydrogen) atoms. The van der Waals surface area contributed by atoms with Crippen molar-refractivity contribution >= 4 is 23.5 Å². The molecule has 0 aliphatic heterocycles. The number of esters is 2. The highest BCUT2D eigenvalue weighted by Gasteiger charge is 2.91. The molecule has 6 rings (SSSR count). The van der Waals surface area contributed by atoms with Crippen molar-refractivity contribution in [3.05, 3.63) is 215 Å². The Kier molecular flexibility index (Phi) is 44.5. The largest absolute Gasteiger partial charge is 0.461 e. The van der Waals surface area contributed by atoms with Crippen LogP contribution in [0.25, 0.3) is 0 Å². The maximum atomic E-state index is 14.0. The third-order valence-electron chi connectivity index (χ3n) is 18.1. The summed E-state index contributed by atoms with van der Waals surface area (Å²) < 4.78 is 464. The second kappa shape index (κ2) is 47.8. The molecule has 7 nitrogen and oxygen atoms in total. The third kappa shape index (κ3) is 31.9. The zero-order valence-corrected chi connectivity index (χ0v) is 63.6. The van der Waals surface area contributed by atoms with Gasteiger partial charge in [-0.05, 0) is 155 Å². The fourth-order valence-electron chi connectivity index (χ4n) is 11.0. The molecule has 0 atom stereocenters. The van der Waals surface area contributed by atoms with E-state index < -0.39 is 170 Å². The summed E-state index contributed by atoms with van der Waals surface area (Å²) in [6, 6.07) is 52.9. The lowest BCUT2D eigenvalue weighted by molar-refractivity contribution is -0.450. The number of unbranched alkanes of at least 4 members (excludes halogenated alkanes) is 5. The quantitative estimate of drug-likeness (QED) is 0.0172. The molecule has 0 fully saturated rings. The van der Waals surface area contributed by atoms with Crippen LogP contribution in [-0.2, 0) is 62.4 Å². The Morgan fingerprint density at radius 3 is 0.632 bits per heavy atom. The molecule has 708 valence electrons. The fraction of sp³-hybridized carbons (Fsp3) is 0.512. The van der Waals surface area contributed by atoms with E-state index in [0.717, 1.165) is 36.8 Å². The van der Waals surface area contributed by atoms with Crippen molar-refractivity contribution in [2.24, 2.45) is 0 Å². The van der Waals surface area contributed by atoms with Gasteiger partial charge in [-0.25, -0.2) is 0 Å². The number of ether oxygens (including phenoxy) is 1. The molecule has 0 saturated heterocycles. The summed E-state index contributed by atoms with van der Waals surface area (Å²) >= 11 is 0. The number of halogens is 36. The van der Waals surface area contributed by atoms with Gasteiger partial charge in [-0.15, -0.1) is 0 Å². The van der Waals surface area contributed by atoms with Crippen LogP contribution in [0.15, 0.2) is 182 Å². The number of hydrogen-bond donors (Lipinski definition) is 2. The van der Waals surface area contributed by atoms with Gasteiger partial charge in [0.15, 0.2) is 0 Å². The predicted molar refractivity (Wildman–Crippen MR) is 385 cm³/mol. The normalized spacial score (nSPS) is 13.1. The lowest BCUT2D eigenvalue weighted by Gasteiger charge is -2.46. The number of rotatable bonds is 38. The highest BCUT2D eigenvalue weighted by molar-refractivity contribution is 5.87. The van der Waals surface area contributed by atoms with Gasteiger partial charge in [-0.2, -0.15) is 158 Å². The third-order valence-corrected chi connectivity index (χ3v) is 18.1. The first-order chi connectivity index (χ1) is 56.1. The Bertz CT molecular complexity index is 4010. The average Bonchev–Trinajstić information content (AvgIpc) is 0.697. The number of aliphatic hydroxyl groups is 2. The summed E-state index contributed by atoms with van der Waals surface area (Å²) in [6.45, 7) is 0. The maximum absolute atomic E-state index is 14.0. The molecule has 0 bridgehead atoms. The first-order valence-electron chi connectivity index (χ1n) is 36.4. The van der Waals surface area contributed by atoms with Gasteiger partial charge in [0.25, 0.3) is 0 Å². The highest BCUT2D eigenvalue weighted by Crippen LogP contribution is 2.63. The van der Waals surface area contributed by atoms with Gasteiger partial charge in [0.2, 0.25) is 22.8 Å². The summed E-state index contributed by atoms with van der Waals surface area (Å²) in [5, 5.41) is 18.8. The van der Waals surface area contributed by atoms with Crippen LogP contribution in [0, 0.1) is 0 Å². The lowest BCUT2D eigenvalue weighted by Crippen LogP contribution is -2.75. The molecule has 6 aromatic carbocycles. The van der Waals surface area contributed by atoms with E-state index in [9.17, 15) is 187 Å². The van der Waals surface area contributed by atoms with Crippen LogP contribution in [0.1, 0.15) is 157 Å². The zero-order valence-electron chi connectivity index (χ0n) is 63.6. The molecule has 0 aliphatic carbocycles. The Morgan fingerprint density at radius 1 is 0.216 bits per heavy atom. The van der Waals surface area contributed by atoms with Crippen LogP contribution in [-0.4, -0.2) is 135 Å². The van der Waals surface area contributed by atoms with Gasteiger partial charge < -0.3 is 14.9 Å². The van der Waals surface area contributed by atoms with E-state index in [0.29, 0.717) is 43.2 Å². The monoisotopic (exact) mass is 1870 g/mol. The van der Waals surface area contributed by atoms with E-state index in [2.05, 4.69) is 12.1 Å². The standard InChI is InChI=1S/C21H24O3.C17H14F14O.C15H14F10O.C14H13F7O.C13H13F5O.2CH4/c22-20(16-8-7-14-18-10-3-1-4-11-18)24-21(23)17-9-15-19-12-5-2-6-13-19;18-12(19,14(22,23)16(26,27)28)11(32,13(20,21)15(24,25)17(29,30)31)9-5-4-8-10-6-2-1-3-7-10;16-12(17,14(20,21)22)11(26,13(18,19)15(23,24)25)9-5-4-8-10-6-2-1-3-7-10;15-12(16,13(17,18)14(19,20)21)11(22)9-5-4-8-10-6-2-1-3-7-10;14-12(15,13(16,17)18)11(19)9-5-4-8-10-6-2-1-3-7-10;;/h1-6,10-13H,7-9,14-17H2;1-3,6-7,32H,4-5,8-9H2;1-3,6-7,26H,4-5,8-9H2;1-3,6-7H,4-5,8-9H2;1-3,6-7H,4-5,8-9H2;2*1H4. The number of alkyl halides is 36. The van der Waals surface area contributed by atoms with Gasteiger partial charge in [-0.3, -0.25) is 19.2 Å². The van der Waals surface area contributed by atoms with Crippen molar-refractivity contribution in [1.82, 2.24) is 0 Å². The molecule has 43 heteroatoms. The van der Waals surface area contributed by atoms with Crippen molar-refractivity contribution in [2.75, 3.05) is 0 Å². The number of hydrogen-bond acceptors (Lipinski definition) is 7. The van der Waals surface area contributed by atoms with Crippen molar-refractivity contribution in [3.8, 4) is 0 Å². The van der Waals surface area contributed by atoms with Gasteiger partial charge in [-0.1, -0.05) is 197 Å². The fourth-order valence-corrected chi connectivity index (χ4v) is 11.0. The van der Waals surface area contributed by atoms with Gasteiger partial charge in [0, 0.05) is 25.7 Å². The molecule has 0 heterocycles. The lowest BCUT2D eigenvalue weighted by atomic mass is 9.77. The molecule has 0 saturated carbocycles. The SMILES string of the molecule is C.C.O=C(CCCCc1ccccc1)C(F)(F)C(F)(F)C(F)(F)F.O=C(CCCCc1ccccc1)C(F)(F)C(F)(F)F.O=C(CCCCc1ccccc1)OC(=O)CCCc1ccccc1.OC(CCCCc1ccccc1)(C(F)(F)C(F)(F)C(F)(F)F)C(F)(F)C(F)(F)C(F)(F)F.OC(CCCCc1ccccc1)(C(F)(F)C(F)(F)F)C(F)(F)C(F)(F)F. The van der Waals surface area contributed by atoms with E-state index in [1.807, 2.05) is 66.7 Å². The van der Waals surface area contributed by atoms with E-state index in [1.165, 1.54) is 41.5 Å². The first-order valence-corrected chi connectivity index (χ1v) is 36.4. The smallest absolute Gasteiger partial charge is 0.393 e. The molecular weight excluding hydrogens is 1780 g/mol. The van der Waals surface area contributed by atoms with E-state index in [1.54, 1.807) is 72.8 Å². The summed E-state index contributed by atoms with van der Waals surface area (Å²) in [5.74, 6) is -66.1. The average molecular weight is 1870 g/mol. The number of ketones is 2. The molecule has 6 aromatic rings. The second-order valence-electron chi connectivity index (χ2n) is 27.4. The van der Waals surface area contributed by atoms with Crippen LogP contribution in [0.2, 0.25) is 0 Å². The van der Waals surface area contributed by atoms with Crippen LogP contribution >= 0.6 is 0 Å². The molecular formula is C82H86F36O7. The molecule has 0 unspecified atom stereocenters. The minimum absolute atomic E-state index is 0. The van der Waals surface area contributed by atoms with Gasteiger partial charge in [0.1, 0.15) is 0 Å². The summed E-state index contributed by atoms with van der Waals surface area (Å²) in [6.07, 6.45) is -44.4. The second-order valence-corrected chi connectivity index (χ2v) is 27.4. The topological polar surface area (TPSA) is 118 Å². The van der Waals surface area contributed by atoms with Crippen LogP contribution < -0.4 is 0 Å². The minimum Gasteiger partial charge on any atom is -0.393 e. The van der Waals surface area contributed by atoms with Gasteiger partial charge >= 0.3 is 102 Å². The summed E-state index contributed by atoms with van der Waals surface area (Å²) in [7, 11) is 0. The number of aryl methyl sites for hydroxylation is 6. The number of carbonyl (C=O) groups is 4. The van der Waals surface area contributed by atoms with Gasteiger partial charge in [0.05, 0.1) is 0 Å². The van der Waals surface area contributed by atoms with Crippen molar-refractivity contribution in [3.63, 3.8) is 0 Å². The van der Waals surface area contributed by atoms with Crippen LogP contribution in [0.4, 0.5) is 158 Å². The first kappa shape index (κ1) is 116. The van der Waals surface area contributed by atoms with E-state index in [-0.39, 0.29) is 59.8 Å². The zero-order chi connectivity index (χ0) is 94.5. The van der Waals surface area contributed by atoms with Crippen molar-refractivity contribution in [1.29, 1.82) is 0 Å². The van der Waals surface area contributed by atoms with Crippen molar-refractivity contribution < 1.29 is 192 Å². The summed E-state index contributed by atoms with van der Waals surface area (Å²) in [4.78, 5) is 45.2. The Labute approximate surface area is 693 Å². The van der Waals surface area contributed by atoms with Crippen LogP contribution in [0.5, 0.6) is 0 Å². The van der Waals surface area contributed by atoms with Crippen molar-refractivity contribution in [2.45, 2.75) is 264 Å². The minimum atomic E-state index is -7.58. The number of Topliss-reactive ketones (excluding diaryl/α,β-unsaturated/α-hetero) is 2. The predicted octanol–water partition coefficient (Wildman–Crippen LogP) is 27.1.